The van der Waals surface area contributed by atoms with Gasteiger partial charge in [0.25, 0.3) is 0 Å². The molecule has 3 nitrogen and oxygen atoms in total. The summed E-state index contributed by atoms with van der Waals surface area (Å²) in [4.78, 5) is 4.88. The van der Waals surface area contributed by atoms with Crippen molar-refractivity contribution in [1.82, 2.24) is 9.80 Å². The van der Waals surface area contributed by atoms with Crippen molar-refractivity contribution in [3.63, 3.8) is 0 Å². The van der Waals surface area contributed by atoms with Gasteiger partial charge in [-0.05, 0) is 64.5 Å². The average molecular weight is 276 g/mol. The van der Waals surface area contributed by atoms with Gasteiger partial charge in [-0.1, -0.05) is 19.1 Å². The molecule has 0 heterocycles. The molecule has 112 valence electrons. The number of hydrogen-bond donors (Lipinski definition) is 1. The number of hydrogen-bond acceptors (Lipinski definition) is 3. The van der Waals surface area contributed by atoms with Crippen LogP contribution in [0.15, 0.2) is 24.3 Å². The highest BCUT2D eigenvalue weighted by Gasteiger charge is 2.40. The van der Waals surface area contributed by atoms with Crippen molar-refractivity contribution in [3.8, 4) is 5.75 Å². The maximum atomic E-state index is 9.44. The molecule has 1 aromatic carbocycles. The Bertz CT molecular complexity index is 423. The van der Waals surface area contributed by atoms with Crippen molar-refractivity contribution in [2.75, 3.05) is 27.7 Å². The first-order chi connectivity index (χ1) is 9.48. The lowest BCUT2D eigenvalue weighted by Gasteiger charge is -2.50. The van der Waals surface area contributed by atoms with Crippen LogP contribution in [0.4, 0.5) is 0 Å². The molecule has 1 fully saturated rings. The van der Waals surface area contributed by atoms with Crippen molar-refractivity contribution in [3.05, 3.63) is 29.8 Å². The summed E-state index contributed by atoms with van der Waals surface area (Å²) in [6, 6.07) is 8.09. The Hall–Kier alpha value is -1.06. The minimum Gasteiger partial charge on any atom is -0.508 e. The third-order valence-corrected chi connectivity index (χ3v) is 4.97. The van der Waals surface area contributed by atoms with Crippen LogP contribution < -0.4 is 0 Å². The van der Waals surface area contributed by atoms with Crippen LogP contribution in [0.2, 0.25) is 0 Å². The van der Waals surface area contributed by atoms with Crippen molar-refractivity contribution in [1.29, 1.82) is 0 Å². The van der Waals surface area contributed by atoms with Crippen molar-refractivity contribution >= 4 is 0 Å². The van der Waals surface area contributed by atoms with Gasteiger partial charge in [0.1, 0.15) is 5.75 Å². The molecule has 1 N–H and O–H groups in total. The Balaban J connectivity index is 2.09. The Labute approximate surface area is 123 Å². The summed E-state index contributed by atoms with van der Waals surface area (Å²) in [5.41, 5.74) is 1.65. The molecule has 0 spiro atoms. The van der Waals surface area contributed by atoms with E-state index in [2.05, 4.69) is 37.9 Å². The topological polar surface area (TPSA) is 26.7 Å². The molecule has 0 saturated heterocycles. The molecule has 0 bridgehead atoms. The molecule has 0 radical (unpaired) electrons. The van der Waals surface area contributed by atoms with E-state index in [0.717, 1.165) is 13.0 Å². The highest BCUT2D eigenvalue weighted by molar-refractivity contribution is 5.28. The molecule has 1 aliphatic carbocycles. The van der Waals surface area contributed by atoms with E-state index in [9.17, 15) is 5.11 Å². The maximum absolute atomic E-state index is 9.44. The summed E-state index contributed by atoms with van der Waals surface area (Å²) in [6.45, 7) is 3.34. The van der Waals surface area contributed by atoms with E-state index in [-0.39, 0.29) is 0 Å². The van der Waals surface area contributed by atoms with Crippen LogP contribution in [0.1, 0.15) is 44.2 Å². The second-order valence-corrected chi connectivity index (χ2v) is 6.40. The molecule has 20 heavy (non-hydrogen) atoms. The zero-order valence-electron chi connectivity index (χ0n) is 13.3. The van der Waals surface area contributed by atoms with Gasteiger partial charge in [-0.25, -0.2) is 0 Å². The third kappa shape index (κ3) is 2.99. The van der Waals surface area contributed by atoms with Gasteiger partial charge >= 0.3 is 0 Å². The lowest BCUT2D eigenvalue weighted by atomic mass is 9.75. The van der Waals surface area contributed by atoms with Crippen LogP contribution in [-0.4, -0.2) is 48.1 Å². The van der Waals surface area contributed by atoms with E-state index < -0.39 is 0 Å². The predicted octanol–water partition coefficient (Wildman–Crippen LogP) is 3.26. The van der Waals surface area contributed by atoms with Crippen LogP contribution in [0.3, 0.4) is 0 Å². The van der Waals surface area contributed by atoms with Crippen LogP contribution in [-0.2, 0) is 0 Å². The first-order valence-electron chi connectivity index (χ1n) is 7.65. The highest BCUT2D eigenvalue weighted by atomic mass is 16.3. The first kappa shape index (κ1) is 15.3. The average Bonchev–Trinajstić information content (AvgIpc) is 2.36. The number of nitrogens with zero attached hydrogens (tertiary/aromatic N) is 2. The predicted molar refractivity (Wildman–Crippen MR) is 84.0 cm³/mol. The van der Waals surface area contributed by atoms with Crippen molar-refractivity contribution in [2.45, 2.75) is 44.2 Å². The van der Waals surface area contributed by atoms with E-state index in [1.807, 2.05) is 12.1 Å². The summed E-state index contributed by atoms with van der Waals surface area (Å²) in [5, 5.41) is 9.44. The molecule has 1 saturated carbocycles. The van der Waals surface area contributed by atoms with E-state index in [1.165, 1.54) is 24.8 Å². The molecular weight excluding hydrogens is 248 g/mol. The molecule has 1 aromatic rings. The number of likely N-dealkylation sites (N-methyl/N-ethyl adjacent to an activating group) is 2. The molecule has 0 amide bonds. The van der Waals surface area contributed by atoms with Crippen LogP contribution in [0.25, 0.3) is 0 Å². The van der Waals surface area contributed by atoms with E-state index >= 15 is 0 Å². The molecule has 1 unspecified atom stereocenters. The van der Waals surface area contributed by atoms with Crippen LogP contribution in [0, 0.1) is 0 Å². The SMILES string of the molecule is CCC(c1ccc(O)cc1)N(C)CC1(N(C)C)CCC1. The zero-order valence-corrected chi connectivity index (χ0v) is 13.3. The number of aromatic hydroxyl groups is 1. The quantitative estimate of drug-likeness (QED) is 0.864. The zero-order chi connectivity index (χ0) is 14.8. The number of phenols is 1. The molecule has 1 aliphatic rings. The number of rotatable bonds is 6. The summed E-state index contributed by atoms with van der Waals surface area (Å²) < 4.78 is 0. The second kappa shape index (κ2) is 6.15. The summed E-state index contributed by atoms with van der Waals surface area (Å²) >= 11 is 0. The smallest absolute Gasteiger partial charge is 0.115 e. The molecule has 3 heteroatoms. The lowest BCUT2D eigenvalue weighted by Crippen LogP contribution is -2.57. The molecule has 0 aromatic heterocycles. The standard InChI is InChI=1S/C17H28N2O/c1-5-16(14-7-9-15(20)10-8-14)19(4)13-17(18(2)3)11-6-12-17/h7-10,16,20H,5-6,11-13H2,1-4H3. The normalized spacial score (nSPS) is 19.1. The molecular formula is C17H28N2O. The van der Waals surface area contributed by atoms with E-state index in [0.29, 0.717) is 17.3 Å². The number of phenolic OH excluding ortho intramolecular Hbond substituents is 1. The van der Waals surface area contributed by atoms with Gasteiger partial charge in [-0.15, -0.1) is 0 Å². The van der Waals surface area contributed by atoms with E-state index in [1.54, 1.807) is 12.1 Å². The maximum Gasteiger partial charge on any atom is 0.115 e. The van der Waals surface area contributed by atoms with E-state index in [4.69, 9.17) is 0 Å². The van der Waals surface area contributed by atoms with Crippen molar-refractivity contribution < 1.29 is 5.11 Å². The van der Waals surface area contributed by atoms with Gasteiger partial charge in [-0.3, -0.25) is 4.90 Å². The van der Waals surface area contributed by atoms with Crippen molar-refractivity contribution in [2.24, 2.45) is 0 Å². The van der Waals surface area contributed by atoms with Gasteiger partial charge < -0.3 is 10.0 Å². The fourth-order valence-electron chi connectivity index (χ4n) is 3.40. The monoisotopic (exact) mass is 276 g/mol. The Morgan fingerprint density at radius 1 is 1.15 bits per heavy atom. The van der Waals surface area contributed by atoms with Gasteiger partial charge in [0.2, 0.25) is 0 Å². The number of benzene rings is 1. The van der Waals surface area contributed by atoms with Gasteiger partial charge in [-0.2, -0.15) is 0 Å². The third-order valence-electron chi connectivity index (χ3n) is 4.97. The fraction of sp³-hybridized carbons (Fsp3) is 0.647. The lowest BCUT2D eigenvalue weighted by molar-refractivity contribution is 0.0152. The summed E-state index contributed by atoms with van der Waals surface area (Å²) in [7, 11) is 6.63. The van der Waals surface area contributed by atoms with Gasteiger partial charge in [0.05, 0.1) is 0 Å². The minimum atomic E-state index is 0.343. The Morgan fingerprint density at radius 3 is 2.15 bits per heavy atom. The Morgan fingerprint density at radius 2 is 1.75 bits per heavy atom. The molecule has 0 aliphatic heterocycles. The molecule has 2 rings (SSSR count). The summed E-state index contributed by atoms with van der Waals surface area (Å²) in [5.74, 6) is 0.343. The largest absolute Gasteiger partial charge is 0.508 e. The second-order valence-electron chi connectivity index (χ2n) is 6.40. The van der Waals surface area contributed by atoms with Crippen LogP contribution in [0.5, 0.6) is 5.75 Å². The van der Waals surface area contributed by atoms with Crippen LogP contribution >= 0.6 is 0 Å². The first-order valence-corrected chi connectivity index (χ1v) is 7.65. The van der Waals surface area contributed by atoms with Gasteiger partial charge in [0, 0.05) is 18.1 Å². The minimum absolute atomic E-state index is 0.343. The highest BCUT2D eigenvalue weighted by Crippen LogP contribution is 2.38. The van der Waals surface area contributed by atoms with Gasteiger partial charge in [0.15, 0.2) is 0 Å². The Kier molecular flexibility index (Phi) is 4.71. The molecule has 1 atom stereocenters. The fourth-order valence-corrected chi connectivity index (χ4v) is 3.40. The summed E-state index contributed by atoms with van der Waals surface area (Å²) in [6.07, 6.45) is 5.04.